The second-order valence-electron chi connectivity index (χ2n) is 12.4. The Morgan fingerprint density at radius 2 is 1.02 bits per heavy atom. The van der Waals surface area contributed by atoms with Crippen LogP contribution >= 0.6 is 45.3 Å². The number of aryl methyl sites for hydroxylation is 4. The fourth-order valence-corrected chi connectivity index (χ4v) is 10.4. The molecule has 0 saturated heterocycles. The van der Waals surface area contributed by atoms with Crippen molar-refractivity contribution >= 4 is 45.3 Å². The average Bonchev–Trinajstić information content (AvgIpc) is 3.85. The summed E-state index contributed by atoms with van der Waals surface area (Å²) in [6.45, 7) is 4.58. The van der Waals surface area contributed by atoms with Crippen LogP contribution in [0.25, 0.3) is 19.5 Å². The lowest BCUT2D eigenvalue weighted by Gasteiger charge is -2.03. The van der Waals surface area contributed by atoms with Gasteiger partial charge in [-0.05, 0) is 104 Å². The van der Waals surface area contributed by atoms with E-state index in [1.807, 2.05) is 45.3 Å². The topological polar surface area (TPSA) is 0 Å². The largest absolute Gasteiger partial charge is 0.143 e. The van der Waals surface area contributed by atoms with Crippen molar-refractivity contribution in [1.82, 2.24) is 0 Å². The fraction of sp³-hybridized carbons (Fsp3) is 0.550. The van der Waals surface area contributed by atoms with Gasteiger partial charge in [0.25, 0.3) is 0 Å². The van der Waals surface area contributed by atoms with E-state index in [0.29, 0.717) is 0 Å². The van der Waals surface area contributed by atoms with Gasteiger partial charge in [-0.2, -0.15) is 0 Å². The Labute approximate surface area is 285 Å². The average molecular weight is 663 g/mol. The van der Waals surface area contributed by atoms with Gasteiger partial charge >= 0.3 is 0 Å². The summed E-state index contributed by atoms with van der Waals surface area (Å²) in [6, 6.07) is 14.1. The van der Waals surface area contributed by atoms with Crippen LogP contribution in [0.15, 0.2) is 41.8 Å². The van der Waals surface area contributed by atoms with E-state index in [1.165, 1.54) is 152 Å². The van der Waals surface area contributed by atoms with Gasteiger partial charge < -0.3 is 0 Å². The summed E-state index contributed by atoms with van der Waals surface area (Å²) in [4.78, 5) is 10.0. The molecule has 0 aliphatic rings. The number of terminal acetylenes is 1. The van der Waals surface area contributed by atoms with Crippen LogP contribution in [0, 0.1) is 12.3 Å². The van der Waals surface area contributed by atoms with Gasteiger partial charge in [0.2, 0.25) is 0 Å². The van der Waals surface area contributed by atoms with Crippen LogP contribution in [0.1, 0.15) is 142 Å². The van der Waals surface area contributed by atoms with Gasteiger partial charge in [-0.25, -0.2) is 0 Å². The van der Waals surface area contributed by atoms with Gasteiger partial charge in [-0.1, -0.05) is 96.8 Å². The van der Waals surface area contributed by atoms with Gasteiger partial charge in [0.1, 0.15) is 0 Å². The molecule has 4 rings (SSSR count). The molecule has 0 nitrogen and oxygen atoms in total. The molecule has 0 N–H and O–H groups in total. The highest BCUT2D eigenvalue weighted by atomic mass is 32.1. The number of rotatable bonds is 23. The zero-order chi connectivity index (χ0) is 30.8. The van der Waals surface area contributed by atoms with Crippen molar-refractivity contribution in [3.63, 3.8) is 0 Å². The van der Waals surface area contributed by atoms with E-state index in [-0.39, 0.29) is 0 Å². The standard InChI is InChI=1S/C40H54S4/c1-4-7-9-11-13-17-21-32-29-30-41-39(32)37-27-25-35(42-37)23-19-15-16-20-24-36-26-28-38(43-36)40-33(31-34(6-3)44-40)22-18-14-12-10-8-5-2/h3,25-31H,4-5,7-24H2,1-2H3. The minimum Gasteiger partial charge on any atom is -0.143 e. The summed E-state index contributed by atoms with van der Waals surface area (Å²) in [5.74, 6) is 2.90. The summed E-state index contributed by atoms with van der Waals surface area (Å²) in [5, 5.41) is 2.29. The maximum absolute atomic E-state index is 5.79. The molecule has 0 amide bonds. The van der Waals surface area contributed by atoms with Crippen molar-refractivity contribution in [3.8, 4) is 31.9 Å². The minimum absolute atomic E-state index is 1.08. The highest BCUT2D eigenvalue weighted by molar-refractivity contribution is 7.22. The number of thiophene rings is 4. The first kappa shape index (κ1) is 35.2. The lowest BCUT2D eigenvalue weighted by Crippen LogP contribution is -1.86. The van der Waals surface area contributed by atoms with E-state index in [4.69, 9.17) is 6.42 Å². The second-order valence-corrected chi connectivity index (χ2v) is 16.7. The van der Waals surface area contributed by atoms with Crippen LogP contribution in [0.2, 0.25) is 0 Å². The zero-order valence-corrected chi connectivity index (χ0v) is 30.7. The molecule has 0 fully saturated rings. The summed E-state index contributed by atoms with van der Waals surface area (Å²) in [6.07, 6.45) is 32.1. The van der Waals surface area contributed by atoms with Gasteiger partial charge in [0, 0.05) is 29.3 Å². The molecule has 4 heteroatoms. The zero-order valence-electron chi connectivity index (χ0n) is 27.4. The lowest BCUT2D eigenvalue weighted by atomic mass is 10.0. The van der Waals surface area contributed by atoms with E-state index in [1.54, 1.807) is 10.4 Å². The number of unbranched alkanes of at least 4 members (excludes halogenated alkanes) is 13. The third-order valence-electron chi connectivity index (χ3n) is 8.66. The predicted octanol–water partition coefficient (Wildman–Crippen LogP) is 14.4. The van der Waals surface area contributed by atoms with E-state index < -0.39 is 0 Å². The van der Waals surface area contributed by atoms with Gasteiger partial charge in [0.15, 0.2) is 0 Å². The first-order valence-electron chi connectivity index (χ1n) is 17.6. The molecule has 0 spiro atoms. The Morgan fingerprint density at radius 3 is 1.59 bits per heavy atom. The van der Waals surface area contributed by atoms with Crippen molar-refractivity contribution in [2.45, 2.75) is 142 Å². The van der Waals surface area contributed by atoms with Crippen molar-refractivity contribution in [2.24, 2.45) is 0 Å². The first-order valence-corrected chi connectivity index (χ1v) is 20.9. The summed E-state index contributed by atoms with van der Waals surface area (Å²) < 4.78 is 0. The lowest BCUT2D eigenvalue weighted by molar-refractivity contribution is 0.608. The van der Waals surface area contributed by atoms with Crippen molar-refractivity contribution < 1.29 is 0 Å². The number of hydrogen-bond donors (Lipinski definition) is 0. The van der Waals surface area contributed by atoms with Gasteiger partial charge in [-0.15, -0.1) is 51.8 Å². The van der Waals surface area contributed by atoms with Gasteiger partial charge in [-0.3, -0.25) is 0 Å². The second kappa shape index (κ2) is 20.5. The van der Waals surface area contributed by atoms with Gasteiger partial charge in [0.05, 0.1) is 4.88 Å². The summed E-state index contributed by atoms with van der Waals surface area (Å²) >= 11 is 7.77. The van der Waals surface area contributed by atoms with Crippen LogP contribution in [-0.2, 0) is 25.7 Å². The maximum Gasteiger partial charge on any atom is 0.0775 e. The molecular formula is C40H54S4. The van der Waals surface area contributed by atoms with Crippen LogP contribution in [0.4, 0.5) is 0 Å². The third kappa shape index (κ3) is 11.6. The van der Waals surface area contributed by atoms with Crippen molar-refractivity contribution in [2.75, 3.05) is 0 Å². The normalized spacial score (nSPS) is 11.4. The molecule has 4 aromatic rings. The smallest absolute Gasteiger partial charge is 0.0775 e. The molecule has 44 heavy (non-hydrogen) atoms. The molecule has 0 unspecified atom stereocenters. The molecule has 0 aromatic carbocycles. The Morgan fingerprint density at radius 1 is 0.523 bits per heavy atom. The summed E-state index contributed by atoms with van der Waals surface area (Å²) in [5.41, 5.74) is 3.04. The highest BCUT2D eigenvalue weighted by Crippen LogP contribution is 2.39. The molecule has 0 aliphatic carbocycles. The molecule has 0 saturated carbocycles. The molecule has 4 aromatic heterocycles. The Kier molecular flexibility index (Phi) is 16.4. The Hall–Kier alpha value is -1.64. The quantitative estimate of drug-likeness (QED) is 0.0548. The van der Waals surface area contributed by atoms with Crippen LogP contribution in [0.5, 0.6) is 0 Å². The van der Waals surface area contributed by atoms with Crippen LogP contribution < -0.4 is 0 Å². The van der Waals surface area contributed by atoms with Crippen molar-refractivity contribution in [1.29, 1.82) is 0 Å². The number of hydrogen-bond acceptors (Lipinski definition) is 4. The Bertz CT molecular complexity index is 1370. The maximum atomic E-state index is 5.79. The van der Waals surface area contributed by atoms with E-state index in [0.717, 1.165) is 11.3 Å². The molecule has 0 aliphatic heterocycles. The van der Waals surface area contributed by atoms with Crippen LogP contribution in [-0.4, -0.2) is 0 Å². The molecule has 4 heterocycles. The monoisotopic (exact) mass is 662 g/mol. The highest BCUT2D eigenvalue weighted by Gasteiger charge is 2.13. The molecule has 0 bridgehead atoms. The predicted molar refractivity (Wildman–Crippen MR) is 203 cm³/mol. The molecular weight excluding hydrogens is 609 g/mol. The SMILES string of the molecule is C#Cc1cc(CCCCCCCC)c(-c2ccc(CCCCCCc3ccc(-c4sccc4CCCCCCCC)s3)s2)s1. The van der Waals surface area contributed by atoms with E-state index >= 15 is 0 Å². The third-order valence-corrected chi connectivity index (χ3v) is 13.4. The first-order chi connectivity index (χ1) is 21.7. The fourth-order valence-electron chi connectivity index (χ4n) is 6.06. The molecule has 238 valence electrons. The van der Waals surface area contributed by atoms with E-state index in [9.17, 15) is 0 Å². The molecule has 0 radical (unpaired) electrons. The molecule has 0 atom stereocenters. The minimum atomic E-state index is 1.08. The van der Waals surface area contributed by atoms with E-state index in [2.05, 4.69) is 61.5 Å². The Balaban J connectivity index is 1.15. The van der Waals surface area contributed by atoms with Crippen molar-refractivity contribution in [3.05, 3.63) is 67.5 Å². The summed E-state index contributed by atoms with van der Waals surface area (Å²) in [7, 11) is 0. The van der Waals surface area contributed by atoms with Crippen LogP contribution in [0.3, 0.4) is 0 Å².